The highest BCUT2D eigenvalue weighted by Gasteiger charge is 1.87. The molecule has 0 saturated heterocycles. The number of hydrogen-bond acceptors (Lipinski definition) is 0. The van der Waals surface area contributed by atoms with Gasteiger partial charge in [-0.25, -0.2) is 4.39 Å². The van der Waals surface area contributed by atoms with Crippen molar-refractivity contribution < 1.29 is 4.39 Å². The van der Waals surface area contributed by atoms with Gasteiger partial charge in [0.2, 0.25) is 0 Å². The molecule has 0 atom stereocenters. The standard InChI is InChI=1S/C11H13F/c12-10-6-2-5-9-11-7-3-1-4-8-11/h1-4,6-8H,5,9-10H2/b6-2+. The van der Waals surface area contributed by atoms with Crippen molar-refractivity contribution >= 4 is 0 Å². The lowest BCUT2D eigenvalue weighted by molar-refractivity contribution is 0.560. The Balaban J connectivity index is 2.29. The topological polar surface area (TPSA) is 0 Å². The Morgan fingerprint density at radius 2 is 1.83 bits per heavy atom. The Kier molecular flexibility index (Phi) is 4.14. The van der Waals surface area contributed by atoms with E-state index in [1.165, 1.54) is 5.56 Å². The lowest BCUT2D eigenvalue weighted by Gasteiger charge is -1.95. The number of rotatable bonds is 4. The molecule has 0 heterocycles. The predicted molar refractivity (Wildman–Crippen MR) is 49.9 cm³/mol. The maximum absolute atomic E-state index is 11.6. The molecule has 1 aromatic rings. The highest BCUT2D eigenvalue weighted by Crippen LogP contribution is 2.02. The first-order valence-electron chi connectivity index (χ1n) is 4.18. The highest BCUT2D eigenvalue weighted by atomic mass is 19.1. The van der Waals surface area contributed by atoms with Crippen LogP contribution in [0.3, 0.4) is 0 Å². The first-order valence-corrected chi connectivity index (χ1v) is 4.18. The summed E-state index contributed by atoms with van der Waals surface area (Å²) in [6.45, 7) is -0.352. The Hall–Kier alpha value is -1.11. The number of aryl methyl sites for hydroxylation is 1. The van der Waals surface area contributed by atoms with E-state index in [4.69, 9.17) is 0 Å². The SMILES string of the molecule is FC/C=C/CCc1ccccc1. The summed E-state index contributed by atoms with van der Waals surface area (Å²) in [5.41, 5.74) is 1.31. The summed E-state index contributed by atoms with van der Waals surface area (Å²) < 4.78 is 11.6. The third-order valence-electron chi connectivity index (χ3n) is 1.70. The predicted octanol–water partition coefficient (Wildman–Crippen LogP) is 3.14. The molecule has 0 nitrogen and oxygen atoms in total. The molecule has 1 rings (SSSR count). The molecule has 1 heteroatoms. The summed E-state index contributed by atoms with van der Waals surface area (Å²) in [6.07, 6.45) is 5.36. The summed E-state index contributed by atoms with van der Waals surface area (Å²) in [7, 11) is 0. The summed E-state index contributed by atoms with van der Waals surface area (Å²) in [5, 5.41) is 0. The van der Waals surface area contributed by atoms with Crippen LogP contribution in [0, 0.1) is 0 Å². The van der Waals surface area contributed by atoms with Gasteiger partial charge in [-0.1, -0.05) is 42.5 Å². The van der Waals surface area contributed by atoms with E-state index in [2.05, 4.69) is 12.1 Å². The zero-order valence-electron chi connectivity index (χ0n) is 7.04. The molecule has 64 valence electrons. The number of halogens is 1. The number of alkyl halides is 1. The molecule has 0 fully saturated rings. The molecule has 0 amide bonds. The Morgan fingerprint density at radius 3 is 2.50 bits per heavy atom. The van der Waals surface area contributed by atoms with E-state index >= 15 is 0 Å². The molecule has 0 aromatic heterocycles. The molecule has 0 unspecified atom stereocenters. The molecule has 1 aromatic carbocycles. The number of allylic oxidation sites excluding steroid dienone is 2. The van der Waals surface area contributed by atoms with Crippen LogP contribution in [-0.2, 0) is 6.42 Å². The van der Waals surface area contributed by atoms with Crippen LogP contribution < -0.4 is 0 Å². The van der Waals surface area contributed by atoms with Crippen molar-refractivity contribution in [3.8, 4) is 0 Å². The third-order valence-corrected chi connectivity index (χ3v) is 1.70. The number of benzene rings is 1. The van der Waals surface area contributed by atoms with Crippen molar-refractivity contribution in [2.75, 3.05) is 6.67 Å². The first kappa shape index (κ1) is 8.98. The van der Waals surface area contributed by atoms with E-state index in [-0.39, 0.29) is 6.67 Å². The summed E-state index contributed by atoms with van der Waals surface area (Å²) >= 11 is 0. The zero-order chi connectivity index (χ0) is 8.65. The van der Waals surface area contributed by atoms with Gasteiger partial charge in [-0.2, -0.15) is 0 Å². The van der Waals surface area contributed by atoms with E-state index in [1.807, 2.05) is 24.3 Å². The van der Waals surface area contributed by atoms with Gasteiger partial charge < -0.3 is 0 Å². The van der Waals surface area contributed by atoms with Crippen molar-refractivity contribution in [2.24, 2.45) is 0 Å². The maximum atomic E-state index is 11.6. The van der Waals surface area contributed by atoms with Crippen molar-refractivity contribution in [3.05, 3.63) is 48.0 Å². The first-order chi connectivity index (χ1) is 5.93. The molecule has 12 heavy (non-hydrogen) atoms. The second kappa shape index (κ2) is 5.53. The van der Waals surface area contributed by atoms with E-state index < -0.39 is 0 Å². The van der Waals surface area contributed by atoms with Gasteiger partial charge in [0.05, 0.1) is 0 Å². The van der Waals surface area contributed by atoms with Gasteiger partial charge in [-0.3, -0.25) is 0 Å². The summed E-state index contributed by atoms with van der Waals surface area (Å²) in [4.78, 5) is 0. The fourth-order valence-electron chi connectivity index (χ4n) is 1.08. The van der Waals surface area contributed by atoms with Gasteiger partial charge in [0.25, 0.3) is 0 Å². The molecule has 0 bridgehead atoms. The molecule has 0 N–H and O–H groups in total. The van der Waals surface area contributed by atoms with Gasteiger partial charge in [0.1, 0.15) is 6.67 Å². The van der Waals surface area contributed by atoms with Crippen LogP contribution in [0.4, 0.5) is 4.39 Å². The molecule has 0 spiro atoms. The molecule has 0 saturated carbocycles. The second-order valence-corrected chi connectivity index (χ2v) is 2.65. The van der Waals surface area contributed by atoms with Crippen molar-refractivity contribution in [2.45, 2.75) is 12.8 Å². The monoisotopic (exact) mass is 164 g/mol. The van der Waals surface area contributed by atoms with Crippen molar-refractivity contribution in [1.82, 2.24) is 0 Å². The summed E-state index contributed by atoms with van der Waals surface area (Å²) in [6, 6.07) is 10.2. The van der Waals surface area contributed by atoms with Crippen LogP contribution in [0.15, 0.2) is 42.5 Å². The van der Waals surface area contributed by atoms with Gasteiger partial charge in [-0.05, 0) is 18.4 Å². The maximum Gasteiger partial charge on any atom is 0.108 e. The van der Waals surface area contributed by atoms with E-state index in [0.29, 0.717) is 0 Å². The average Bonchev–Trinajstić information content (AvgIpc) is 2.14. The van der Waals surface area contributed by atoms with Crippen LogP contribution in [0.25, 0.3) is 0 Å². The lowest BCUT2D eigenvalue weighted by atomic mass is 10.1. The van der Waals surface area contributed by atoms with Crippen LogP contribution >= 0.6 is 0 Å². The smallest absolute Gasteiger partial charge is 0.108 e. The Morgan fingerprint density at radius 1 is 1.08 bits per heavy atom. The normalized spacial score (nSPS) is 10.8. The van der Waals surface area contributed by atoms with Gasteiger partial charge in [-0.15, -0.1) is 0 Å². The van der Waals surface area contributed by atoms with Crippen LogP contribution in [0.1, 0.15) is 12.0 Å². The fraction of sp³-hybridized carbons (Fsp3) is 0.273. The Labute approximate surface area is 72.7 Å². The van der Waals surface area contributed by atoms with Crippen molar-refractivity contribution in [1.29, 1.82) is 0 Å². The summed E-state index contributed by atoms with van der Waals surface area (Å²) in [5.74, 6) is 0. The second-order valence-electron chi connectivity index (χ2n) is 2.65. The van der Waals surface area contributed by atoms with Gasteiger partial charge in [0.15, 0.2) is 0 Å². The molecule has 0 radical (unpaired) electrons. The minimum absolute atomic E-state index is 0.352. The zero-order valence-corrected chi connectivity index (χ0v) is 7.04. The molecular formula is C11H13F. The minimum Gasteiger partial charge on any atom is -0.247 e. The van der Waals surface area contributed by atoms with E-state index in [0.717, 1.165) is 12.8 Å². The molecule has 0 aliphatic carbocycles. The quantitative estimate of drug-likeness (QED) is 0.600. The third kappa shape index (κ3) is 3.33. The van der Waals surface area contributed by atoms with Gasteiger partial charge >= 0.3 is 0 Å². The average molecular weight is 164 g/mol. The fourth-order valence-corrected chi connectivity index (χ4v) is 1.08. The number of hydrogen-bond donors (Lipinski definition) is 0. The van der Waals surface area contributed by atoms with Crippen molar-refractivity contribution in [3.63, 3.8) is 0 Å². The highest BCUT2D eigenvalue weighted by molar-refractivity contribution is 5.15. The van der Waals surface area contributed by atoms with Crippen LogP contribution in [-0.4, -0.2) is 6.67 Å². The Bertz CT molecular complexity index is 226. The van der Waals surface area contributed by atoms with E-state index in [9.17, 15) is 4.39 Å². The van der Waals surface area contributed by atoms with Crippen LogP contribution in [0.5, 0.6) is 0 Å². The largest absolute Gasteiger partial charge is 0.247 e. The molecular weight excluding hydrogens is 151 g/mol. The molecule has 0 aliphatic heterocycles. The van der Waals surface area contributed by atoms with E-state index in [1.54, 1.807) is 6.08 Å². The molecule has 0 aliphatic rings. The van der Waals surface area contributed by atoms with Crippen LogP contribution in [0.2, 0.25) is 0 Å². The minimum atomic E-state index is -0.352. The lowest BCUT2D eigenvalue weighted by Crippen LogP contribution is -1.81. The van der Waals surface area contributed by atoms with Gasteiger partial charge in [0, 0.05) is 0 Å².